The van der Waals surface area contributed by atoms with Gasteiger partial charge in [0, 0.05) is 24.3 Å². The number of carbonyl (C=O) groups excluding carboxylic acids is 1. The van der Waals surface area contributed by atoms with Crippen LogP contribution in [0.15, 0.2) is 18.2 Å². The van der Waals surface area contributed by atoms with Crippen LogP contribution in [0.5, 0.6) is 0 Å². The second kappa shape index (κ2) is 6.43. The molecule has 0 aliphatic carbocycles. The molecule has 0 saturated carbocycles. The Balaban J connectivity index is 2.88. The van der Waals surface area contributed by atoms with Crippen molar-refractivity contribution in [3.05, 3.63) is 29.3 Å². The summed E-state index contributed by atoms with van der Waals surface area (Å²) >= 11 is 0. The number of hydrogen-bond acceptors (Lipinski definition) is 2. The number of aryl methyl sites for hydroxylation is 1. The molecule has 0 heterocycles. The van der Waals surface area contributed by atoms with Crippen LogP contribution in [-0.4, -0.2) is 19.4 Å². The average Bonchev–Trinajstić information content (AvgIpc) is 2.35. The molecule has 94 valence electrons. The molecule has 0 bridgehead atoms. The lowest BCUT2D eigenvalue weighted by Crippen LogP contribution is -2.28. The van der Waals surface area contributed by atoms with Crippen molar-refractivity contribution in [2.45, 2.75) is 34.1 Å². The van der Waals surface area contributed by atoms with Gasteiger partial charge in [0.05, 0.1) is 0 Å². The number of nitrogens with zero attached hydrogens (tertiary/aromatic N) is 1. The first-order valence-electron chi connectivity index (χ1n) is 6.43. The summed E-state index contributed by atoms with van der Waals surface area (Å²) in [5.41, 5.74) is 3.06. The van der Waals surface area contributed by atoms with Crippen molar-refractivity contribution in [3.63, 3.8) is 0 Å². The molecule has 1 atom stereocenters. The minimum atomic E-state index is 0.695. The first-order valence-corrected chi connectivity index (χ1v) is 6.43. The summed E-state index contributed by atoms with van der Waals surface area (Å²) in [5.74, 6) is 0.695. The van der Waals surface area contributed by atoms with E-state index >= 15 is 0 Å². The number of benzene rings is 1. The zero-order valence-corrected chi connectivity index (χ0v) is 11.4. The van der Waals surface area contributed by atoms with Crippen LogP contribution in [0.1, 0.15) is 43.1 Å². The van der Waals surface area contributed by atoms with Crippen LogP contribution < -0.4 is 4.90 Å². The van der Waals surface area contributed by atoms with Gasteiger partial charge in [-0.05, 0) is 43.5 Å². The third-order valence-electron chi connectivity index (χ3n) is 3.36. The zero-order chi connectivity index (χ0) is 12.8. The predicted octanol–water partition coefficient (Wildman–Crippen LogP) is 3.68. The van der Waals surface area contributed by atoms with Crippen molar-refractivity contribution in [2.75, 3.05) is 18.0 Å². The van der Waals surface area contributed by atoms with Crippen LogP contribution in [0.4, 0.5) is 5.69 Å². The van der Waals surface area contributed by atoms with Crippen LogP contribution in [0, 0.1) is 12.8 Å². The Morgan fingerprint density at radius 3 is 2.53 bits per heavy atom. The van der Waals surface area contributed by atoms with E-state index in [1.807, 2.05) is 19.1 Å². The Bertz CT molecular complexity index is 373. The van der Waals surface area contributed by atoms with Gasteiger partial charge in [0.25, 0.3) is 0 Å². The van der Waals surface area contributed by atoms with E-state index in [9.17, 15) is 4.79 Å². The van der Waals surface area contributed by atoms with Gasteiger partial charge < -0.3 is 4.90 Å². The monoisotopic (exact) mass is 233 g/mol. The molecule has 0 aliphatic rings. The SMILES string of the molecule is CCC(C)CN(CC)c1ccc(C=O)c(C)c1. The van der Waals surface area contributed by atoms with E-state index < -0.39 is 0 Å². The van der Waals surface area contributed by atoms with Gasteiger partial charge in [0.2, 0.25) is 0 Å². The van der Waals surface area contributed by atoms with Crippen molar-refractivity contribution in [1.29, 1.82) is 0 Å². The van der Waals surface area contributed by atoms with E-state index in [1.54, 1.807) is 0 Å². The summed E-state index contributed by atoms with van der Waals surface area (Å²) in [5, 5.41) is 0. The normalized spacial score (nSPS) is 12.2. The van der Waals surface area contributed by atoms with Crippen molar-refractivity contribution in [3.8, 4) is 0 Å². The second-order valence-corrected chi connectivity index (χ2v) is 4.71. The van der Waals surface area contributed by atoms with Gasteiger partial charge in [-0.2, -0.15) is 0 Å². The third kappa shape index (κ3) is 3.58. The fraction of sp³-hybridized carbons (Fsp3) is 0.533. The maximum Gasteiger partial charge on any atom is 0.150 e. The van der Waals surface area contributed by atoms with Crippen LogP contribution in [0.3, 0.4) is 0 Å². The molecule has 0 spiro atoms. The molecule has 0 fully saturated rings. The number of rotatable bonds is 6. The molecule has 1 unspecified atom stereocenters. The molecule has 1 rings (SSSR count). The molecule has 1 aromatic rings. The first kappa shape index (κ1) is 13.8. The molecule has 2 nitrogen and oxygen atoms in total. The first-order chi connectivity index (χ1) is 8.12. The van der Waals surface area contributed by atoms with Crippen LogP contribution in [-0.2, 0) is 0 Å². The summed E-state index contributed by atoms with van der Waals surface area (Å²) in [4.78, 5) is 13.2. The molecule has 0 amide bonds. The topological polar surface area (TPSA) is 20.3 Å². The summed E-state index contributed by atoms with van der Waals surface area (Å²) in [6, 6.07) is 6.06. The molecule has 17 heavy (non-hydrogen) atoms. The maximum absolute atomic E-state index is 10.8. The highest BCUT2D eigenvalue weighted by atomic mass is 16.1. The molecular formula is C15H23NO. The predicted molar refractivity (Wildman–Crippen MR) is 73.9 cm³/mol. The molecule has 0 radical (unpaired) electrons. The zero-order valence-electron chi connectivity index (χ0n) is 11.4. The molecule has 0 N–H and O–H groups in total. The van der Waals surface area contributed by atoms with Crippen molar-refractivity contribution >= 4 is 12.0 Å². The Hall–Kier alpha value is -1.31. The van der Waals surface area contributed by atoms with Gasteiger partial charge in [-0.1, -0.05) is 20.3 Å². The highest BCUT2D eigenvalue weighted by molar-refractivity contribution is 5.78. The Labute approximate surface area is 105 Å². The fourth-order valence-corrected chi connectivity index (χ4v) is 1.91. The molecule has 0 aliphatic heterocycles. The van der Waals surface area contributed by atoms with Gasteiger partial charge in [0.15, 0.2) is 0 Å². The minimum Gasteiger partial charge on any atom is -0.372 e. The number of hydrogen-bond donors (Lipinski definition) is 0. The Morgan fingerprint density at radius 2 is 2.06 bits per heavy atom. The van der Waals surface area contributed by atoms with Crippen molar-refractivity contribution in [2.24, 2.45) is 5.92 Å². The van der Waals surface area contributed by atoms with Gasteiger partial charge in [-0.3, -0.25) is 4.79 Å². The molecule has 0 saturated heterocycles. The summed E-state index contributed by atoms with van der Waals surface area (Å²) in [6.45, 7) is 10.7. The van der Waals surface area contributed by atoms with E-state index in [0.29, 0.717) is 5.92 Å². The van der Waals surface area contributed by atoms with Gasteiger partial charge in [-0.15, -0.1) is 0 Å². The maximum atomic E-state index is 10.8. The standard InChI is InChI=1S/C15H23NO/c1-5-12(3)10-16(6-2)15-8-7-14(11-17)13(4)9-15/h7-9,11-12H,5-6,10H2,1-4H3. The molecule has 2 heteroatoms. The Morgan fingerprint density at radius 1 is 1.35 bits per heavy atom. The van der Waals surface area contributed by atoms with Crippen LogP contribution >= 0.6 is 0 Å². The van der Waals surface area contributed by atoms with E-state index in [-0.39, 0.29) is 0 Å². The average molecular weight is 233 g/mol. The van der Waals surface area contributed by atoms with Gasteiger partial charge in [-0.25, -0.2) is 0 Å². The molecule has 1 aromatic carbocycles. The molecular weight excluding hydrogens is 210 g/mol. The van der Waals surface area contributed by atoms with E-state index in [2.05, 4.69) is 31.7 Å². The highest BCUT2D eigenvalue weighted by Gasteiger charge is 2.09. The van der Waals surface area contributed by atoms with E-state index in [1.165, 1.54) is 12.1 Å². The van der Waals surface area contributed by atoms with Crippen molar-refractivity contribution < 1.29 is 4.79 Å². The number of anilines is 1. The molecule has 0 aromatic heterocycles. The third-order valence-corrected chi connectivity index (χ3v) is 3.36. The van der Waals surface area contributed by atoms with Gasteiger partial charge in [0.1, 0.15) is 6.29 Å². The quantitative estimate of drug-likeness (QED) is 0.699. The summed E-state index contributed by atoms with van der Waals surface area (Å²) < 4.78 is 0. The lowest BCUT2D eigenvalue weighted by molar-refractivity contribution is 0.112. The van der Waals surface area contributed by atoms with E-state index in [0.717, 1.165) is 30.5 Å². The van der Waals surface area contributed by atoms with Gasteiger partial charge >= 0.3 is 0 Å². The van der Waals surface area contributed by atoms with Crippen LogP contribution in [0.25, 0.3) is 0 Å². The fourth-order valence-electron chi connectivity index (χ4n) is 1.91. The minimum absolute atomic E-state index is 0.695. The second-order valence-electron chi connectivity index (χ2n) is 4.71. The van der Waals surface area contributed by atoms with Crippen molar-refractivity contribution in [1.82, 2.24) is 0 Å². The summed E-state index contributed by atoms with van der Waals surface area (Å²) in [6.07, 6.45) is 2.12. The number of carbonyl (C=O) groups is 1. The van der Waals surface area contributed by atoms with Crippen LogP contribution in [0.2, 0.25) is 0 Å². The lowest BCUT2D eigenvalue weighted by atomic mass is 10.1. The highest BCUT2D eigenvalue weighted by Crippen LogP contribution is 2.20. The number of aldehydes is 1. The van der Waals surface area contributed by atoms with E-state index in [4.69, 9.17) is 0 Å². The Kier molecular flexibility index (Phi) is 5.20. The lowest BCUT2D eigenvalue weighted by Gasteiger charge is -2.26. The summed E-state index contributed by atoms with van der Waals surface area (Å²) in [7, 11) is 0. The smallest absolute Gasteiger partial charge is 0.150 e. The largest absolute Gasteiger partial charge is 0.372 e.